The van der Waals surface area contributed by atoms with Gasteiger partial charge in [-0.15, -0.1) is 11.3 Å². The zero-order valence-electron chi connectivity index (χ0n) is 17.3. The second-order valence-electron chi connectivity index (χ2n) is 8.10. The molecule has 0 amide bonds. The minimum atomic E-state index is 0.0201. The van der Waals surface area contributed by atoms with E-state index in [1.165, 1.54) is 0 Å². The third-order valence-corrected chi connectivity index (χ3v) is 7.43. The molecular weight excluding hydrogens is 400 g/mol. The molecule has 1 unspecified atom stereocenters. The topological polar surface area (TPSA) is 44.1 Å². The number of ether oxygens (including phenoxy) is 1. The van der Waals surface area contributed by atoms with Gasteiger partial charge in [-0.25, -0.2) is 4.98 Å². The van der Waals surface area contributed by atoms with E-state index in [2.05, 4.69) is 20.4 Å². The van der Waals surface area contributed by atoms with Crippen LogP contribution >= 0.6 is 23.1 Å². The van der Waals surface area contributed by atoms with Gasteiger partial charge in [0.15, 0.2) is 5.16 Å². The average Bonchev–Trinajstić information content (AvgIpc) is 3.04. The van der Waals surface area contributed by atoms with Crippen LogP contribution in [0.15, 0.2) is 46.4 Å². The molecule has 1 atom stereocenters. The van der Waals surface area contributed by atoms with Crippen LogP contribution in [-0.4, -0.2) is 21.4 Å². The number of rotatable bonds is 5. The molecule has 0 saturated heterocycles. The number of thiophene rings is 1. The molecule has 0 aliphatic carbocycles. The van der Waals surface area contributed by atoms with E-state index in [1.807, 2.05) is 38.1 Å². The summed E-state index contributed by atoms with van der Waals surface area (Å²) in [6.45, 7) is 12.9. The smallest absolute Gasteiger partial charge is 0.267 e. The van der Waals surface area contributed by atoms with Crippen LogP contribution in [0, 0.1) is 12.8 Å². The van der Waals surface area contributed by atoms with Crippen molar-refractivity contribution in [1.82, 2.24) is 9.55 Å². The standard InChI is InChI=1S/C23H26N2O2S2/c1-13(2)12-28-23-24-21-20(17-10-18(14(3)4)27-11-19(17)29-21)22(26)25(23)16-8-6-7-15(5)9-16/h6-9,14,18H,1,10-12H2,2-5H3. The van der Waals surface area contributed by atoms with Gasteiger partial charge in [-0.2, -0.15) is 0 Å². The third-order valence-electron chi connectivity index (χ3n) is 5.16. The van der Waals surface area contributed by atoms with E-state index in [4.69, 9.17) is 9.72 Å². The lowest BCUT2D eigenvalue weighted by atomic mass is 9.96. The molecule has 4 nitrogen and oxygen atoms in total. The first-order chi connectivity index (χ1) is 13.8. The van der Waals surface area contributed by atoms with Gasteiger partial charge in [0.05, 0.1) is 23.8 Å². The van der Waals surface area contributed by atoms with Crippen LogP contribution in [0.2, 0.25) is 0 Å². The summed E-state index contributed by atoms with van der Waals surface area (Å²) in [5.74, 6) is 1.14. The molecule has 0 saturated carbocycles. The fraction of sp³-hybridized carbons (Fsp3) is 0.391. The van der Waals surface area contributed by atoms with Gasteiger partial charge < -0.3 is 4.74 Å². The van der Waals surface area contributed by atoms with E-state index >= 15 is 0 Å². The molecule has 1 aliphatic heterocycles. The van der Waals surface area contributed by atoms with E-state index in [9.17, 15) is 4.79 Å². The highest BCUT2D eigenvalue weighted by Crippen LogP contribution is 2.36. The summed E-state index contributed by atoms with van der Waals surface area (Å²) in [4.78, 5) is 20.7. The van der Waals surface area contributed by atoms with Crippen molar-refractivity contribution >= 4 is 33.3 Å². The molecule has 2 aromatic heterocycles. The fourth-order valence-electron chi connectivity index (χ4n) is 3.62. The van der Waals surface area contributed by atoms with Crippen LogP contribution in [0.25, 0.3) is 15.9 Å². The molecule has 0 bridgehead atoms. The van der Waals surface area contributed by atoms with E-state index in [1.54, 1.807) is 27.7 Å². The van der Waals surface area contributed by atoms with Crippen LogP contribution < -0.4 is 5.56 Å². The van der Waals surface area contributed by atoms with Crippen molar-refractivity contribution in [3.05, 3.63) is 62.8 Å². The quantitative estimate of drug-likeness (QED) is 0.306. The predicted molar refractivity (Wildman–Crippen MR) is 123 cm³/mol. The molecule has 152 valence electrons. The summed E-state index contributed by atoms with van der Waals surface area (Å²) >= 11 is 3.16. The molecule has 0 N–H and O–H groups in total. The van der Waals surface area contributed by atoms with Crippen molar-refractivity contribution in [1.29, 1.82) is 0 Å². The monoisotopic (exact) mass is 426 g/mol. The Morgan fingerprint density at radius 2 is 2.24 bits per heavy atom. The lowest BCUT2D eigenvalue weighted by molar-refractivity contribution is 0.00200. The van der Waals surface area contributed by atoms with Crippen LogP contribution in [0.5, 0.6) is 0 Å². The maximum absolute atomic E-state index is 13.8. The van der Waals surface area contributed by atoms with Gasteiger partial charge in [-0.1, -0.05) is 49.9 Å². The first kappa shape index (κ1) is 20.4. The number of fused-ring (bicyclic) bond motifs is 3. The number of nitrogens with zero attached hydrogens (tertiary/aromatic N) is 2. The zero-order valence-corrected chi connectivity index (χ0v) is 19.0. The minimum Gasteiger partial charge on any atom is -0.372 e. The summed E-state index contributed by atoms with van der Waals surface area (Å²) < 4.78 is 7.81. The maximum Gasteiger partial charge on any atom is 0.267 e. The normalized spacial score (nSPS) is 16.4. The predicted octanol–water partition coefficient (Wildman–Crippen LogP) is 5.52. The van der Waals surface area contributed by atoms with Gasteiger partial charge in [0, 0.05) is 17.1 Å². The minimum absolute atomic E-state index is 0.0201. The van der Waals surface area contributed by atoms with Gasteiger partial charge >= 0.3 is 0 Å². The largest absolute Gasteiger partial charge is 0.372 e. The molecule has 6 heteroatoms. The van der Waals surface area contributed by atoms with Crippen molar-refractivity contribution in [2.75, 3.05) is 5.75 Å². The summed E-state index contributed by atoms with van der Waals surface area (Å²) in [5, 5.41) is 1.48. The molecule has 3 aromatic rings. The Balaban J connectivity index is 1.94. The Bertz CT molecular complexity index is 1140. The summed E-state index contributed by atoms with van der Waals surface area (Å²) in [6.07, 6.45) is 0.917. The fourth-order valence-corrected chi connectivity index (χ4v) is 5.64. The molecule has 0 radical (unpaired) electrons. The Kier molecular flexibility index (Phi) is 5.69. The number of aromatic nitrogens is 2. The third kappa shape index (κ3) is 3.93. The average molecular weight is 427 g/mol. The molecular formula is C23H26N2O2S2. The van der Waals surface area contributed by atoms with E-state index in [-0.39, 0.29) is 11.7 Å². The molecule has 0 fully saturated rings. The summed E-state index contributed by atoms with van der Waals surface area (Å²) in [5.41, 5.74) is 4.18. The van der Waals surface area contributed by atoms with E-state index in [0.717, 1.165) is 54.8 Å². The second-order valence-corrected chi connectivity index (χ2v) is 10.1. The Hall–Kier alpha value is -1.89. The van der Waals surface area contributed by atoms with Gasteiger partial charge in [0.1, 0.15) is 4.83 Å². The van der Waals surface area contributed by atoms with Crippen LogP contribution in [-0.2, 0) is 17.8 Å². The number of hydrogen-bond donors (Lipinski definition) is 0. The van der Waals surface area contributed by atoms with E-state index in [0.29, 0.717) is 12.5 Å². The zero-order chi connectivity index (χ0) is 20.7. The van der Waals surface area contributed by atoms with Crippen LogP contribution in [0.3, 0.4) is 0 Å². The summed E-state index contributed by atoms with van der Waals surface area (Å²) in [7, 11) is 0. The van der Waals surface area contributed by atoms with Crippen molar-refractivity contribution < 1.29 is 4.74 Å². The molecule has 1 aliphatic rings. The Morgan fingerprint density at radius 1 is 1.45 bits per heavy atom. The van der Waals surface area contributed by atoms with Gasteiger partial charge in [-0.3, -0.25) is 9.36 Å². The molecule has 29 heavy (non-hydrogen) atoms. The highest BCUT2D eigenvalue weighted by Gasteiger charge is 2.28. The second kappa shape index (κ2) is 8.09. The molecule has 3 heterocycles. The molecule has 4 rings (SSSR count). The number of aryl methyl sites for hydroxylation is 1. The highest BCUT2D eigenvalue weighted by atomic mass is 32.2. The van der Waals surface area contributed by atoms with Crippen LogP contribution in [0.1, 0.15) is 36.8 Å². The summed E-state index contributed by atoms with van der Waals surface area (Å²) in [6, 6.07) is 8.04. The van der Waals surface area contributed by atoms with Gasteiger partial charge in [0.25, 0.3) is 5.56 Å². The first-order valence-electron chi connectivity index (χ1n) is 9.88. The maximum atomic E-state index is 13.8. The van der Waals surface area contributed by atoms with Crippen molar-refractivity contribution in [3.63, 3.8) is 0 Å². The van der Waals surface area contributed by atoms with Gasteiger partial charge in [-0.05, 0) is 43.0 Å². The number of hydrogen-bond acceptors (Lipinski definition) is 5. The number of thioether (sulfide) groups is 1. The van der Waals surface area contributed by atoms with Crippen molar-refractivity contribution in [2.45, 2.75) is 52.0 Å². The molecule has 0 spiro atoms. The van der Waals surface area contributed by atoms with Crippen molar-refractivity contribution in [3.8, 4) is 5.69 Å². The highest BCUT2D eigenvalue weighted by molar-refractivity contribution is 7.99. The van der Waals surface area contributed by atoms with E-state index < -0.39 is 0 Å². The molecule has 1 aromatic carbocycles. The lowest BCUT2D eigenvalue weighted by Gasteiger charge is -2.26. The number of benzene rings is 1. The Morgan fingerprint density at radius 3 is 2.93 bits per heavy atom. The van der Waals surface area contributed by atoms with Crippen molar-refractivity contribution in [2.24, 2.45) is 5.92 Å². The van der Waals surface area contributed by atoms with Gasteiger partial charge in [0.2, 0.25) is 0 Å². The first-order valence-corrected chi connectivity index (χ1v) is 11.7. The SMILES string of the molecule is C=C(C)CSc1nc2sc3c(c2c(=O)n1-c1cccc(C)c1)CC(C(C)C)OC3. The van der Waals surface area contributed by atoms with Crippen LogP contribution in [0.4, 0.5) is 0 Å². The lowest BCUT2D eigenvalue weighted by Crippen LogP contribution is -2.28. The Labute approximate surface area is 179 Å².